The molecule has 2 bridgehead atoms. The van der Waals surface area contributed by atoms with E-state index in [4.69, 9.17) is 15.7 Å². The molecular formula is C14H21N5O. The highest BCUT2D eigenvalue weighted by Crippen LogP contribution is 2.50. The van der Waals surface area contributed by atoms with E-state index in [0.717, 1.165) is 16.6 Å². The second kappa shape index (κ2) is 5.00. The summed E-state index contributed by atoms with van der Waals surface area (Å²) in [5.74, 6) is 2.19. The van der Waals surface area contributed by atoms with Gasteiger partial charge in [0.15, 0.2) is 5.49 Å². The van der Waals surface area contributed by atoms with Gasteiger partial charge in [0, 0.05) is 11.5 Å². The highest BCUT2D eigenvalue weighted by Gasteiger charge is 2.41. The summed E-state index contributed by atoms with van der Waals surface area (Å²) in [5, 5.41) is 14.7. The zero-order valence-corrected chi connectivity index (χ0v) is 11.8. The van der Waals surface area contributed by atoms with E-state index in [1.165, 1.54) is 32.1 Å². The molecule has 3 rings (SSSR count). The molecule has 0 amide bonds. The Hall–Kier alpha value is -1.72. The highest BCUT2D eigenvalue weighted by molar-refractivity contribution is 5.06. The summed E-state index contributed by atoms with van der Waals surface area (Å²) < 4.78 is 5.81. The molecule has 1 unspecified atom stereocenters. The number of ether oxygens (including phenoxy) is 1. The van der Waals surface area contributed by atoms with E-state index in [1.54, 1.807) is 12.1 Å². The van der Waals surface area contributed by atoms with E-state index in [2.05, 4.69) is 17.2 Å². The van der Waals surface area contributed by atoms with Crippen LogP contribution in [-0.4, -0.2) is 16.5 Å². The van der Waals surface area contributed by atoms with Gasteiger partial charge in [-0.05, 0) is 37.2 Å². The molecular weight excluding hydrogens is 254 g/mol. The fourth-order valence-corrected chi connectivity index (χ4v) is 3.94. The van der Waals surface area contributed by atoms with E-state index in [0.29, 0.717) is 12.5 Å². The van der Waals surface area contributed by atoms with Crippen LogP contribution < -0.4 is 10.2 Å². The molecule has 0 aliphatic heterocycles. The molecule has 2 N–H and O–H groups in total. The minimum Gasteiger partial charge on any atom is -0.476 e. The van der Waals surface area contributed by atoms with Gasteiger partial charge >= 0.3 is 0 Å². The van der Waals surface area contributed by atoms with Crippen LogP contribution in [0.25, 0.3) is 0 Å². The average Bonchev–Trinajstić information content (AvgIpc) is 2.78. The van der Waals surface area contributed by atoms with Crippen molar-refractivity contribution < 1.29 is 4.74 Å². The maximum atomic E-state index is 7.53. The average molecular weight is 275 g/mol. The summed E-state index contributed by atoms with van der Waals surface area (Å²) in [7, 11) is 0. The van der Waals surface area contributed by atoms with Crippen molar-refractivity contribution in [2.24, 2.45) is 22.5 Å². The van der Waals surface area contributed by atoms with E-state index in [1.807, 2.05) is 0 Å². The molecule has 2 aliphatic carbocycles. The Bertz CT molecular complexity index is 555. The number of hydrogen-bond acceptors (Lipinski definition) is 5. The van der Waals surface area contributed by atoms with Gasteiger partial charge in [0.05, 0.1) is 6.61 Å². The van der Waals surface area contributed by atoms with Gasteiger partial charge in [0.1, 0.15) is 0 Å². The standard InChI is InChI=1S/C14H21N5O/c1-14(7-10-2-3-11(6-10)8-14)9-20-13-5-4-12(15)19(17-13)18-16/h4-5,10-11,15-16H,2-3,6-9H2,1H3/t10-,11+,14?. The van der Waals surface area contributed by atoms with Crippen molar-refractivity contribution in [3.63, 3.8) is 0 Å². The van der Waals surface area contributed by atoms with Crippen LogP contribution in [0.4, 0.5) is 0 Å². The lowest BCUT2D eigenvalue weighted by Gasteiger charge is -2.37. The van der Waals surface area contributed by atoms with Gasteiger partial charge in [-0.3, -0.25) is 5.41 Å². The van der Waals surface area contributed by atoms with Gasteiger partial charge in [-0.1, -0.05) is 25.0 Å². The van der Waals surface area contributed by atoms with Crippen LogP contribution in [0.5, 0.6) is 5.88 Å². The Morgan fingerprint density at radius 1 is 1.40 bits per heavy atom. The van der Waals surface area contributed by atoms with Gasteiger partial charge < -0.3 is 4.74 Å². The Labute approximate surface area is 118 Å². The molecule has 6 nitrogen and oxygen atoms in total. The Morgan fingerprint density at radius 3 is 2.75 bits per heavy atom. The minimum atomic E-state index is 0.0780. The number of fused-ring (bicyclic) bond motifs is 2. The van der Waals surface area contributed by atoms with Crippen molar-refractivity contribution in [2.75, 3.05) is 6.61 Å². The van der Waals surface area contributed by atoms with Gasteiger partial charge in [-0.25, -0.2) is 0 Å². The van der Waals surface area contributed by atoms with Crippen molar-refractivity contribution in [3.05, 3.63) is 17.6 Å². The quantitative estimate of drug-likeness (QED) is 0.828. The normalized spacial score (nSPS) is 32.0. The molecule has 2 aliphatic rings. The summed E-state index contributed by atoms with van der Waals surface area (Å²) in [6, 6.07) is 3.22. The van der Waals surface area contributed by atoms with Crippen LogP contribution in [0.3, 0.4) is 0 Å². The number of aromatic nitrogens is 2. The minimum absolute atomic E-state index is 0.0780. The Kier molecular flexibility index (Phi) is 3.31. The molecule has 2 fully saturated rings. The molecule has 0 aromatic carbocycles. The molecule has 1 aromatic rings. The second-order valence-electron chi connectivity index (χ2n) is 6.60. The zero-order chi connectivity index (χ0) is 14.2. The van der Waals surface area contributed by atoms with Crippen molar-refractivity contribution >= 4 is 0 Å². The van der Waals surface area contributed by atoms with E-state index in [9.17, 15) is 0 Å². The van der Waals surface area contributed by atoms with E-state index in [-0.39, 0.29) is 10.9 Å². The van der Waals surface area contributed by atoms with Crippen molar-refractivity contribution in [3.8, 4) is 5.88 Å². The fourth-order valence-electron chi connectivity index (χ4n) is 3.94. The maximum absolute atomic E-state index is 7.53. The van der Waals surface area contributed by atoms with Crippen LogP contribution in [0, 0.1) is 28.2 Å². The summed E-state index contributed by atoms with van der Waals surface area (Å²) in [5.41, 5.74) is 7.27. The topological polar surface area (TPSA) is 87.1 Å². The Morgan fingerprint density at radius 2 is 2.10 bits per heavy atom. The van der Waals surface area contributed by atoms with E-state index >= 15 is 0 Å². The van der Waals surface area contributed by atoms with Crippen LogP contribution in [0.2, 0.25) is 0 Å². The van der Waals surface area contributed by atoms with Gasteiger partial charge in [0.25, 0.3) is 0 Å². The predicted molar refractivity (Wildman–Crippen MR) is 72.3 cm³/mol. The summed E-state index contributed by atoms with van der Waals surface area (Å²) in [4.78, 5) is 0.961. The summed E-state index contributed by atoms with van der Waals surface area (Å²) in [6.45, 7) is 2.96. The predicted octanol–water partition coefficient (Wildman–Crippen LogP) is 2.75. The third-order valence-corrected chi connectivity index (χ3v) is 4.67. The molecule has 2 saturated carbocycles. The number of rotatable bonds is 4. The van der Waals surface area contributed by atoms with Gasteiger partial charge in [0.2, 0.25) is 5.88 Å². The summed E-state index contributed by atoms with van der Waals surface area (Å²) in [6.07, 6.45) is 6.64. The van der Waals surface area contributed by atoms with E-state index < -0.39 is 0 Å². The summed E-state index contributed by atoms with van der Waals surface area (Å²) >= 11 is 0. The molecule has 0 saturated heterocycles. The monoisotopic (exact) mass is 275 g/mol. The molecule has 20 heavy (non-hydrogen) atoms. The van der Waals surface area contributed by atoms with Gasteiger partial charge in [-0.15, -0.1) is 9.89 Å². The van der Waals surface area contributed by atoms with Crippen molar-refractivity contribution in [1.29, 1.82) is 10.9 Å². The first-order valence-corrected chi connectivity index (χ1v) is 7.23. The number of nitrogens with zero attached hydrogens (tertiary/aromatic N) is 3. The van der Waals surface area contributed by atoms with Crippen LogP contribution in [0.15, 0.2) is 17.4 Å². The van der Waals surface area contributed by atoms with Crippen LogP contribution in [-0.2, 0) is 0 Å². The smallest absolute Gasteiger partial charge is 0.233 e. The first-order valence-electron chi connectivity index (χ1n) is 7.23. The number of hydrogen-bond donors (Lipinski definition) is 2. The lowest BCUT2D eigenvalue weighted by atomic mass is 9.71. The second-order valence-corrected chi connectivity index (χ2v) is 6.60. The van der Waals surface area contributed by atoms with Gasteiger partial charge in [-0.2, -0.15) is 5.53 Å². The lowest BCUT2D eigenvalue weighted by molar-refractivity contribution is 0.0775. The third-order valence-electron chi connectivity index (χ3n) is 4.67. The molecule has 1 aromatic heterocycles. The molecule has 0 spiro atoms. The Balaban J connectivity index is 1.67. The lowest BCUT2D eigenvalue weighted by Crippen LogP contribution is -2.32. The number of nitrogens with one attached hydrogen (secondary N) is 2. The van der Waals surface area contributed by atoms with Crippen molar-refractivity contribution in [2.45, 2.75) is 39.0 Å². The van der Waals surface area contributed by atoms with Crippen LogP contribution in [0.1, 0.15) is 39.0 Å². The fraction of sp³-hybridized carbons (Fsp3) is 0.714. The molecule has 0 radical (unpaired) electrons. The first kappa shape index (κ1) is 13.3. The van der Waals surface area contributed by atoms with Crippen molar-refractivity contribution in [1.82, 2.24) is 9.89 Å². The molecule has 108 valence electrons. The molecule has 1 heterocycles. The molecule has 6 heteroatoms. The SMILES string of the molecule is CC1(COc2ccc(=N)n(N=N)n2)C[C@@H]2CC[C@@H](C2)C1. The highest BCUT2D eigenvalue weighted by atomic mass is 16.5. The third kappa shape index (κ3) is 2.59. The first-order chi connectivity index (χ1) is 9.58. The zero-order valence-electron chi connectivity index (χ0n) is 11.8. The maximum Gasteiger partial charge on any atom is 0.233 e. The largest absolute Gasteiger partial charge is 0.476 e. The van der Waals surface area contributed by atoms with Crippen LogP contribution >= 0.6 is 0 Å². The molecule has 3 atom stereocenters.